The van der Waals surface area contributed by atoms with Crippen LogP contribution in [-0.2, 0) is 11.3 Å². The number of benzene rings is 1. The van der Waals surface area contributed by atoms with Gasteiger partial charge in [0.05, 0.1) is 6.54 Å². The molecule has 0 aromatic heterocycles. The van der Waals surface area contributed by atoms with Crippen LogP contribution >= 0.6 is 0 Å². The van der Waals surface area contributed by atoms with Gasteiger partial charge in [-0.15, -0.1) is 0 Å². The third-order valence-electron chi connectivity index (χ3n) is 1.87. The van der Waals surface area contributed by atoms with E-state index >= 15 is 0 Å². The highest BCUT2D eigenvalue weighted by Gasteiger charge is 2.11. The molecule has 0 aliphatic rings. The zero-order valence-electron chi connectivity index (χ0n) is 8.93. The van der Waals surface area contributed by atoms with E-state index in [9.17, 15) is 9.59 Å². The SMILES string of the molecule is CNNC(=O)N(Cc1ccccc1)NC=O. The van der Waals surface area contributed by atoms with E-state index in [2.05, 4.69) is 16.3 Å². The van der Waals surface area contributed by atoms with E-state index in [-0.39, 0.29) is 0 Å². The van der Waals surface area contributed by atoms with Crippen molar-refractivity contribution >= 4 is 12.4 Å². The third kappa shape index (κ3) is 3.58. The fraction of sp³-hybridized carbons (Fsp3) is 0.200. The fourth-order valence-electron chi connectivity index (χ4n) is 1.18. The normalized spacial score (nSPS) is 9.31. The van der Waals surface area contributed by atoms with Gasteiger partial charge in [-0.3, -0.25) is 15.6 Å². The van der Waals surface area contributed by atoms with Crippen LogP contribution in [-0.4, -0.2) is 24.5 Å². The van der Waals surface area contributed by atoms with Crippen molar-refractivity contribution in [2.45, 2.75) is 6.54 Å². The molecule has 0 unspecified atom stereocenters. The van der Waals surface area contributed by atoms with Gasteiger partial charge in [-0.25, -0.2) is 15.2 Å². The Balaban J connectivity index is 2.64. The van der Waals surface area contributed by atoms with Crippen molar-refractivity contribution in [3.8, 4) is 0 Å². The molecular weight excluding hydrogens is 208 g/mol. The lowest BCUT2D eigenvalue weighted by molar-refractivity contribution is -0.112. The molecule has 1 rings (SSSR count). The maximum absolute atomic E-state index is 11.5. The van der Waals surface area contributed by atoms with Gasteiger partial charge in [0, 0.05) is 7.05 Å². The molecule has 0 fully saturated rings. The minimum absolute atomic E-state index is 0.299. The summed E-state index contributed by atoms with van der Waals surface area (Å²) in [6.45, 7) is 0.299. The first kappa shape index (κ1) is 12.0. The zero-order valence-corrected chi connectivity index (χ0v) is 8.93. The standard InChI is InChI=1S/C10H14N4O2/c1-11-13-10(16)14(12-8-15)7-9-5-3-2-4-6-9/h2-6,8,11H,7H2,1H3,(H,12,15)(H,13,16). The van der Waals surface area contributed by atoms with Gasteiger partial charge in [0.15, 0.2) is 0 Å². The molecule has 3 N–H and O–H groups in total. The Morgan fingerprint density at radius 3 is 2.62 bits per heavy atom. The van der Waals surface area contributed by atoms with E-state index in [1.54, 1.807) is 7.05 Å². The number of nitrogens with one attached hydrogen (secondary N) is 3. The van der Waals surface area contributed by atoms with Crippen LogP contribution in [0.15, 0.2) is 30.3 Å². The summed E-state index contributed by atoms with van der Waals surface area (Å²) in [5.74, 6) is 0. The topological polar surface area (TPSA) is 73.5 Å². The average molecular weight is 222 g/mol. The maximum Gasteiger partial charge on any atom is 0.350 e. The Kier molecular flexibility index (Phi) is 4.81. The number of rotatable bonds is 5. The summed E-state index contributed by atoms with van der Waals surface area (Å²) in [6, 6.07) is 8.92. The minimum atomic E-state index is -0.432. The molecule has 1 aromatic rings. The number of hydrogen-bond acceptors (Lipinski definition) is 3. The number of carbonyl (C=O) groups excluding carboxylic acids is 2. The summed E-state index contributed by atoms with van der Waals surface area (Å²) >= 11 is 0. The summed E-state index contributed by atoms with van der Waals surface area (Å²) in [7, 11) is 1.57. The van der Waals surface area contributed by atoms with Crippen LogP contribution < -0.4 is 16.3 Å². The van der Waals surface area contributed by atoms with Gasteiger partial charge >= 0.3 is 6.03 Å². The molecule has 6 nitrogen and oxygen atoms in total. The highest BCUT2D eigenvalue weighted by molar-refractivity contribution is 5.74. The second-order valence-electron chi connectivity index (χ2n) is 3.00. The summed E-state index contributed by atoms with van der Waals surface area (Å²) in [4.78, 5) is 21.8. The van der Waals surface area contributed by atoms with Crippen LogP contribution in [0, 0.1) is 0 Å². The first-order valence-corrected chi connectivity index (χ1v) is 4.76. The molecule has 3 amide bonds. The first-order chi connectivity index (χ1) is 7.77. The maximum atomic E-state index is 11.5. The van der Waals surface area contributed by atoms with Crippen molar-refractivity contribution in [2.75, 3.05) is 7.05 Å². The molecule has 6 heteroatoms. The van der Waals surface area contributed by atoms with Gasteiger partial charge in [0.25, 0.3) is 0 Å². The molecule has 0 saturated heterocycles. The Labute approximate surface area is 93.6 Å². The molecule has 0 aliphatic heterocycles. The van der Waals surface area contributed by atoms with Crippen molar-refractivity contribution < 1.29 is 9.59 Å². The van der Waals surface area contributed by atoms with Crippen LogP contribution in [0.2, 0.25) is 0 Å². The Morgan fingerprint density at radius 1 is 1.38 bits per heavy atom. The predicted molar refractivity (Wildman–Crippen MR) is 58.8 cm³/mol. The number of urea groups is 1. The first-order valence-electron chi connectivity index (χ1n) is 4.76. The molecule has 0 bridgehead atoms. The Bertz CT molecular complexity index is 342. The van der Waals surface area contributed by atoms with E-state index in [1.165, 1.54) is 5.01 Å². The summed E-state index contributed by atoms with van der Waals surface area (Å²) < 4.78 is 0. The minimum Gasteiger partial charge on any atom is -0.277 e. The van der Waals surface area contributed by atoms with Crippen molar-refractivity contribution in [1.82, 2.24) is 21.3 Å². The van der Waals surface area contributed by atoms with Crippen LogP contribution in [0.1, 0.15) is 5.56 Å². The lowest BCUT2D eigenvalue weighted by atomic mass is 10.2. The van der Waals surface area contributed by atoms with Gasteiger partial charge in [0.1, 0.15) is 0 Å². The number of hydrogen-bond donors (Lipinski definition) is 3. The number of nitrogens with zero attached hydrogens (tertiary/aromatic N) is 1. The van der Waals surface area contributed by atoms with E-state index in [4.69, 9.17) is 0 Å². The van der Waals surface area contributed by atoms with Gasteiger partial charge < -0.3 is 0 Å². The van der Waals surface area contributed by atoms with Crippen LogP contribution in [0.5, 0.6) is 0 Å². The molecule has 0 atom stereocenters. The van der Waals surface area contributed by atoms with Gasteiger partial charge in [0.2, 0.25) is 6.41 Å². The smallest absolute Gasteiger partial charge is 0.277 e. The Hall–Kier alpha value is -2.08. The second-order valence-corrected chi connectivity index (χ2v) is 3.00. The molecule has 0 saturated carbocycles. The second kappa shape index (κ2) is 6.41. The van der Waals surface area contributed by atoms with Crippen LogP contribution in [0.3, 0.4) is 0 Å². The lowest BCUT2D eigenvalue weighted by Crippen LogP contribution is -2.50. The molecule has 0 spiro atoms. The van der Waals surface area contributed by atoms with Crippen molar-refractivity contribution in [3.63, 3.8) is 0 Å². The van der Waals surface area contributed by atoms with Crippen LogP contribution in [0.4, 0.5) is 4.79 Å². The molecule has 86 valence electrons. The van der Waals surface area contributed by atoms with E-state index in [0.717, 1.165) is 5.56 Å². The Morgan fingerprint density at radius 2 is 2.06 bits per heavy atom. The average Bonchev–Trinajstić information content (AvgIpc) is 2.30. The zero-order chi connectivity index (χ0) is 11.8. The molecule has 1 aromatic carbocycles. The highest BCUT2D eigenvalue weighted by atomic mass is 16.2. The van der Waals surface area contributed by atoms with Crippen molar-refractivity contribution in [2.24, 2.45) is 0 Å². The lowest BCUT2D eigenvalue weighted by Gasteiger charge is -2.20. The summed E-state index contributed by atoms with van der Waals surface area (Å²) in [6.07, 6.45) is 0.457. The van der Waals surface area contributed by atoms with E-state index in [0.29, 0.717) is 13.0 Å². The number of amides is 3. The van der Waals surface area contributed by atoms with Gasteiger partial charge in [-0.1, -0.05) is 30.3 Å². The summed E-state index contributed by atoms with van der Waals surface area (Å²) in [5.41, 5.74) is 8.10. The molecular formula is C10H14N4O2. The number of hydrazine groups is 2. The molecule has 0 heterocycles. The third-order valence-corrected chi connectivity index (χ3v) is 1.87. The quantitative estimate of drug-likeness (QED) is 0.484. The van der Waals surface area contributed by atoms with Gasteiger partial charge in [-0.2, -0.15) is 0 Å². The predicted octanol–water partition coefficient (Wildman–Crippen LogP) is -0.00640. The van der Waals surface area contributed by atoms with Crippen molar-refractivity contribution in [3.05, 3.63) is 35.9 Å². The molecule has 16 heavy (non-hydrogen) atoms. The molecule has 0 aliphatic carbocycles. The largest absolute Gasteiger partial charge is 0.350 e. The molecule has 0 radical (unpaired) electrons. The highest BCUT2D eigenvalue weighted by Crippen LogP contribution is 2.01. The van der Waals surface area contributed by atoms with Crippen molar-refractivity contribution in [1.29, 1.82) is 0 Å². The fourth-order valence-corrected chi connectivity index (χ4v) is 1.18. The van der Waals surface area contributed by atoms with E-state index < -0.39 is 6.03 Å². The van der Waals surface area contributed by atoms with E-state index in [1.807, 2.05) is 30.3 Å². The van der Waals surface area contributed by atoms with Crippen LogP contribution in [0.25, 0.3) is 0 Å². The number of carbonyl (C=O) groups is 2. The summed E-state index contributed by atoms with van der Waals surface area (Å²) in [5, 5.41) is 1.17. The van der Waals surface area contributed by atoms with Gasteiger partial charge in [-0.05, 0) is 5.56 Å². The monoisotopic (exact) mass is 222 g/mol.